The fourth-order valence-electron chi connectivity index (χ4n) is 6.31. The first-order valence-electron chi connectivity index (χ1n) is 13.7. The smallest absolute Gasteiger partial charge is 0.258 e. The van der Waals surface area contributed by atoms with Crippen LogP contribution in [0.5, 0.6) is 0 Å². The first kappa shape index (κ1) is 24.1. The number of hydrogen-bond acceptors (Lipinski definition) is 2. The molecule has 194 valence electrons. The van der Waals surface area contributed by atoms with Crippen molar-refractivity contribution < 1.29 is 4.79 Å². The number of carbonyl (C=O) groups is 1. The minimum atomic E-state index is -0.641. The van der Waals surface area contributed by atoms with Gasteiger partial charge in [0, 0.05) is 22.3 Å². The predicted octanol–water partition coefficient (Wildman–Crippen LogP) is 7.66. The largest absolute Gasteiger partial charge is 0.316 e. The van der Waals surface area contributed by atoms with Crippen molar-refractivity contribution in [1.29, 1.82) is 0 Å². The highest BCUT2D eigenvalue weighted by molar-refractivity contribution is 6.06. The Kier molecular flexibility index (Phi) is 5.82. The first-order chi connectivity index (χ1) is 19.7. The molecule has 0 spiro atoms. The van der Waals surface area contributed by atoms with Crippen molar-refractivity contribution in [1.82, 2.24) is 14.1 Å². The summed E-state index contributed by atoms with van der Waals surface area (Å²) in [5.74, 6) is 0.0387. The Labute approximate surface area is 233 Å². The SMILES string of the molecule is Cc1c(/C=C2\CCc3cc4ccccc4n3C2=O)ncn1C(c1ccccc1)(c1ccccc1)c1ccccc1. The molecule has 2 aromatic heterocycles. The molecule has 0 bridgehead atoms. The summed E-state index contributed by atoms with van der Waals surface area (Å²) in [6.07, 6.45) is 5.45. The van der Waals surface area contributed by atoms with Gasteiger partial charge in [-0.05, 0) is 54.7 Å². The van der Waals surface area contributed by atoms with Crippen LogP contribution in [-0.4, -0.2) is 20.0 Å². The third kappa shape index (κ3) is 3.68. The molecule has 3 heterocycles. The minimum absolute atomic E-state index is 0.0387. The van der Waals surface area contributed by atoms with Gasteiger partial charge in [-0.1, -0.05) is 109 Å². The molecule has 1 aliphatic heterocycles. The summed E-state index contributed by atoms with van der Waals surface area (Å²) in [6, 6.07) is 42.0. The van der Waals surface area contributed by atoms with Crippen LogP contribution >= 0.6 is 0 Å². The van der Waals surface area contributed by atoms with Gasteiger partial charge in [-0.2, -0.15) is 0 Å². The van der Waals surface area contributed by atoms with Crippen LogP contribution in [0.3, 0.4) is 0 Å². The number of benzene rings is 4. The van der Waals surface area contributed by atoms with E-state index in [1.54, 1.807) is 0 Å². The summed E-state index contributed by atoms with van der Waals surface area (Å²) in [7, 11) is 0. The molecule has 0 aliphatic carbocycles. The Morgan fingerprint density at radius 3 is 1.88 bits per heavy atom. The van der Waals surface area contributed by atoms with Crippen LogP contribution in [0.25, 0.3) is 17.0 Å². The van der Waals surface area contributed by atoms with Crippen molar-refractivity contribution in [3.63, 3.8) is 0 Å². The summed E-state index contributed by atoms with van der Waals surface area (Å²) < 4.78 is 4.14. The molecule has 0 unspecified atom stereocenters. The lowest BCUT2D eigenvalue weighted by Crippen LogP contribution is -2.38. The van der Waals surface area contributed by atoms with Crippen LogP contribution in [0.2, 0.25) is 0 Å². The van der Waals surface area contributed by atoms with Crippen molar-refractivity contribution in [2.24, 2.45) is 0 Å². The van der Waals surface area contributed by atoms with Gasteiger partial charge in [0.1, 0.15) is 5.54 Å². The average Bonchev–Trinajstić information content (AvgIpc) is 3.57. The lowest BCUT2D eigenvalue weighted by atomic mass is 9.76. The lowest BCUT2D eigenvalue weighted by molar-refractivity contribution is 0.0946. The molecule has 6 aromatic rings. The molecule has 0 N–H and O–H groups in total. The molecule has 40 heavy (non-hydrogen) atoms. The highest BCUT2D eigenvalue weighted by Gasteiger charge is 2.39. The predicted molar refractivity (Wildman–Crippen MR) is 160 cm³/mol. The number of imidazole rings is 1. The zero-order chi connectivity index (χ0) is 27.1. The second-order valence-electron chi connectivity index (χ2n) is 10.4. The molecule has 0 saturated heterocycles. The topological polar surface area (TPSA) is 39.8 Å². The normalized spacial score (nSPS) is 14.5. The van der Waals surface area contributed by atoms with Gasteiger partial charge in [-0.3, -0.25) is 9.36 Å². The molecule has 0 saturated carbocycles. The maximum atomic E-state index is 13.7. The number of carbonyl (C=O) groups excluding carboxylic acids is 1. The number of hydrogen-bond donors (Lipinski definition) is 0. The Morgan fingerprint density at radius 2 is 1.27 bits per heavy atom. The van der Waals surface area contributed by atoms with E-state index in [4.69, 9.17) is 4.98 Å². The highest BCUT2D eigenvalue weighted by Crippen LogP contribution is 2.42. The van der Waals surface area contributed by atoms with E-state index in [9.17, 15) is 4.79 Å². The van der Waals surface area contributed by atoms with Gasteiger partial charge in [-0.25, -0.2) is 4.98 Å². The van der Waals surface area contributed by atoms with Gasteiger partial charge < -0.3 is 4.57 Å². The number of rotatable bonds is 5. The van der Waals surface area contributed by atoms with E-state index in [2.05, 4.69) is 115 Å². The Balaban J connectivity index is 1.41. The molecular weight excluding hydrogens is 490 g/mol. The van der Waals surface area contributed by atoms with Crippen LogP contribution in [0.15, 0.2) is 133 Å². The standard InChI is InChI=1S/C36H29N3O/c1-26-33(24-28-21-22-32-23-27-13-11-12-20-34(27)39(32)35(28)40)37-25-38(26)36(29-14-5-2-6-15-29,30-16-7-3-8-17-30)31-18-9-4-10-19-31/h2-20,23-25H,21-22H2,1H3/b28-24+. The second kappa shape index (κ2) is 9.65. The van der Waals surface area contributed by atoms with Gasteiger partial charge in [0.05, 0.1) is 17.5 Å². The number of fused-ring (bicyclic) bond motifs is 3. The molecule has 0 radical (unpaired) electrons. The summed E-state index contributed by atoms with van der Waals surface area (Å²) in [5, 5.41) is 1.10. The van der Waals surface area contributed by atoms with Crippen molar-refractivity contribution in [2.75, 3.05) is 0 Å². The molecule has 0 amide bonds. The van der Waals surface area contributed by atoms with Crippen molar-refractivity contribution >= 4 is 22.9 Å². The van der Waals surface area contributed by atoms with Crippen LogP contribution in [0.4, 0.5) is 0 Å². The molecule has 0 atom stereocenters. The number of para-hydroxylation sites is 1. The average molecular weight is 520 g/mol. The van der Waals surface area contributed by atoms with E-state index >= 15 is 0 Å². The Hall–Kier alpha value is -4.96. The maximum Gasteiger partial charge on any atom is 0.258 e. The van der Waals surface area contributed by atoms with E-state index in [-0.39, 0.29) is 5.91 Å². The zero-order valence-corrected chi connectivity index (χ0v) is 22.4. The van der Waals surface area contributed by atoms with Gasteiger partial charge in [-0.15, -0.1) is 0 Å². The molecule has 0 fully saturated rings. The third-order valence-electron chi connectivity index (χ3n) is 8.21. The maximum absolute atomic E-state index is 13.7. The van der Waals surface area contributed by atoms with Gasteiger partial charge in [0.2, 0.25) is 0 Å². The summed E-state index contributed by atoms with van der Waals surface area (Å²) >= 11 is 0. The van der Waals surface area contributed by atoms with Gasteiger partial charge in [0.15, 0.2) is 0 Å². The van der Waals surface area contributed by atoms with Gasteiger partial charge >= 0.3 is 0 Å². The number of nitrogens with zero attached hydrogens (tertiary/aromatic N) is 3. The fourth-order valence-corrected chi connectivity index (χ4v) is 6.31. The van der Waals surface area contributed by atoms with Crippen LogP contribution in [-0.2, 0) is 12.0 Å². The molecule has 4 nitrogen and oxygen atoms in total. The van der Waals surface area contributed by atoms with Crippen LogP contribution in [0, 0.1) is 6.92 Å². The van der Waals surface area contributed by atoms with E-state index in [0.717, 1.165) is 56.7 Å². The zero-order valence-electron chi connectivity index (χ0n) is 22.4. The summed E-state index contributed by atoms with van der Waals surface area (Å²) in [4.78, 5) is 18.7. The van der Waals surface area contributed by atoms with Gasteiger partial charge in [0.25, 0.3) is 5.91 Å². The van der Waals surface area contributed by atoms with Crippen molar-refractivity contribution in [2.45, 2.75) is 25.3 Å². The van der Waals surface area contributed by atoms with Crippen LogP contribution < -0.4 is 0 Å². The third-order valence-corrected chi connectivity index (χ3v) is 8.21. The quantitative estimate of drug-likeness (QED) is 0.173. The number of aromatic nitrogens is 3. The minimum Gasteiger partial charge on any atom is -0.316 e. The van der Waals surface area contributed by atoms with E-state index in [1.807, 2.05) is 35.2 Å². The van der Waals surface area contributed by atoms with Crippen molar-refractivity contribution in [3.8, 4) is 0 Å². The monoisotopic (exact) mass is 519 g/mol. The fraction of sp³-hybridized carbons (Fsp3) is 0.111. The summed E-state index contributed by atoms with van der Waals surface area (Å²) in [5.41, 5.74) is 7.42. The first-order valence-corrected chi connectivity index (χ1v) is 13.7. The summed E-state index contributed by atoms with van der Waals surface area (Å²) in [6.45, 7) is 2.10. The molecule has 7 rings (SSSR count). The number of aryl methyl sites for hydroxylation is 1. The molecular formula is C36H29N3O. The number of allylic oxidation sites excluding steroid dienone is 1. The second-order valence-corrected chi connectivity index (χ2v) is 10.4. The Morgan fingerprint density at radius 1 is 0.725 bits per heavy atom. The highest BCUT2D eigenvalue weighted by atomic mass is 16.2. The van der Waals surface area contributed by atoms with E-state index in [0.29, 0.717) is 6.42 Å². The van der Waals surface area contributed by atoms with E-state index < -0.39 is 5.54 Å². The molecule has 1 aliphatic rings. The van der Waals surface area contributed by atoms with Crippen molar-refractivity contribution in [3.05, 3.63) is 167 Å². The molecule has 4 heteroatoms. The lowest BCUT2D eigenvalue weighted by Gasteiger charge is -2.38. The molecule has 4 aromatic carbocycles. The van der Waals surface area contributed by atoms with E-state index in [1.165, 1.54) is 0 Å². The van der Waals surface area contributed by atoms with Crippen LogP contribution in [0.1, 0.15) is 45.0 Å². The Bertz CT molecular complexity index is 1760.